The standard InChI is InChI=1S/C21H28N6O3/c1-14(28)25-9-6-16(7-10-25)21(30)26-11-4-15(5-12-26)18-3-8-23-19-17(20(29)22-2)13-24-27(18)19/h3,8,13,15-16H,4-7,9-12H2,1-2H3,(H,22,29). The molecule has 160 valence electrons. The second-order valence-electron chi connectivity index (χ2n) is 8.12. The first kappa shape index (κ1) is 20.3. The summed E-state index contributed by atoms with van der Waals surface area (Å²) in [5, 5.41) is 7.01. The highest BCUT2D eigenvalue weighted by molar-refractivity contribution is 5.99. The van der Waals surface area contributed by atoms with Gasteiger partial charge in [-0.05, 0) is 31.7 Å². The van der Waals surface area contributed by atoms with E-state index in [0.717, 1.165) is 31.4 Å². The summed E-state index contributed by atoms with van der Waals surface area (Å²) in [7, 11) is 1.59. The summed E-state index contributed by atoms with van der Waals surface area (Å²) in [5.41, 5.74) is 2.04. The third kappa shape index (κ3) is 3.76. The summed E-state index contributed by atoms with van der Waals surface area (Å²) in [6, 6.07) is 1.95. The van der Waals surface area contributed by atoms with Crippen LogP contribution in [-0.4, -0.2) is 75.3 Å². The van der Waals surface area contributed by atoms with E-state index >= 15 is 0 Å². The Hall–Kier alpha value is -2.97. The Morgan fingerprint density at radius 1 is 1.03 bits per heavy atom. The zero-order valence-electron chi connectivity index (χ0n) is 17.5. The van der Waals surface area contributed by atoms with Gasteiger partial charge in [-0.15, -0.1) is 0 Å². The number of aromatic nitrogens is 3. The molecule has 0 atom stereocenters. The van der Waals surface area contributed by atoms with E-state index in [1.54, 1.807) is 30.9 Å². The van der Waals surface area contributed by atoms with Crippen molar-refractivity contribution in [3.8, 4) is 0 Å². The van der Waals surface area contributed by atoms with E-state index in [4.69, 9.17) is 0 Å². The van der Waals surface area contributed by atoms with Crippen molar-refractivity contribution in [2.75, 3.05) is 33.2 Å². The molecule has 30 heavy (non-hydrogen) atoms. The fourth-order valence-electron chi connectivity index (χ4n) is 4.61. The molecule has 0 bridgehead atoms. The Morgan fingerprint density at radius 2 is 1.70 bits per heavy atom. The Morgan fingerprint density at radius 3 is 2.33 bits per heavy atom. The van der Waals surface area contributed by atoms with Crippen LogP contribution in [0.25, 0.3) is 5.65 Å². The third-order valence-electron chi connectivity index (χ3n) is 6.42. The first-order chi connectivity index (χ1) is 14.5. The van der Waals surface area contributed by atoms with Crippen molar-refractivity contribution in [2.45, 2.75) is 38.5 Å². The lowest BCUT2D eigenvalue weighted by Gasteiger charge is -2.37. The van der Waals surface area contributed by atoms with Gasteiger partial charge < -0.3 is 15.1 Å². The summed E-state index contributed by atoms with van der Waals surface area (Å²) in [6.45, 7) is 4.35. The molecular weight excluding hydrogens is 384 g/mol. The molecule has 0 unspecified atom stereocenters. The minimum Gasteiger partial charge on any atom is -0.355 e. The lowest BCUT2D eigenvalue weighted by Crippen LogP contribution is -2.46. The minimum absolute atomic E-state index is 0.0195. The number of hydrogen-bond acceptors (Lipinski definition) is 5. The predicted octanol–water partition coefficient (Wildman–Crippen LogP) is 1.05. The number of hydrogen-bond donors (Lipinski definition) is 1. The number of amides is 3. The van der Waals surface area contributed by atoms with Gasteiger partial charge in [0.25, 0.3) is 5.91 Å². The molecule has 2 fully saturated rings. The maximum atomic E-state index is 12.9. The highest BCUT2D eigenvalue weighted by Gasteiger charge is 2.32. The van der Waals surface area contributed by atoms with Crippen LogP contribution in [0.3, 0.4) is 0 Å². The van der Waals surface area contributed by atoms with Crippen LogP contribution in [0.1, 0.15) is 54.6 Å². The van der Waals surface area contributed by atoms with Crippen molar-refractivity contribution in [1.29, 1.82) is 0 Å². The van der Waals surface area contributed by atoms with Gasteiger partial charge in [0.2, 0.25) is 11.8 Å². The van der Waals surface area contributed by atoms with Gasteiger partial charge in [0.15, 0.2) is 5.65 Å². The highest BCUT2D eigenvalue weighted by atomic mass is 16.2. The second kappa shape index (κ2) is 8.41. The van der Waals surface area contributed by atoms with Crippen LogP contribution in [0.15, 0.2) is 18.5 Å². The number of piperidine rings is 2. The minimum atomic E-state index is -0.203. The molecular formula is C21H28N6O3. The summed E-state index contributed by atoms with van der Waals surface area (Å²) in [5.74, 6) is 0.384. The van der Waals surface area contributed by atoms with Crippen LogP contribution in [0, 0.1) is 5.92 Å². The Kier molecular flexibility index (Phi) is 5.69. The maximum absolute atomic E-state index is 12.9. The molecule has 2 aromatic rings. The third-order valence-corrected chi connectivity index (χ3v) is 6.42. The van der Waals surface area contributed by atoms with E-state index in [1.807, 2.05) is 15.9 Å². The molecule has 4 rings (SSSR count). The van der Waals surface area contributed by atoms with Crippen molar-refractivity contribution >= 4 is 23.4 Å². The van der Waals surface area contributed by atoms with Crippen LogP contribution in [0.4, 0.5) is 0 Å². The van der Waals surface area contributed by atoms with E-state index in [-0.39, 0.29) is 29.6 Å². The van der Waals surface area contributed by atoms with Crippen LogP contribution in [0.5, 0.6) is 0 Å². The maximum Gasteiger partial charge on any atom is 0.256 e. The Labute approximate surface area is 175 Å². The first-order valence-corrected chi connectivity index (χ1v) is 10.6. The molecule has 2 aromatic heterocycles. The van der Waals surface area contributed by atoms with E-state index in [9.17, 15) is 14.4 Å². The van der Waals surface area contributed by atoms with Gasteiger partial charge in [0.1, 0.15) is 5.56 Å². The van der Waals surface area contributed by atoms with Crippen molar-refractivity contribution in [1.82, 2.24) is 29.7 Å². The molecule has 0 spiro atoms. The normalized spacial score (nSPS) is 18.6. The van der Waals surface area contributed by atoms with E-state index in [0.29, 0.717) is 37.4 Å². The van der Waals surface area contributed by atoms with Gasteiger partial charge >= 0.3 is 0 Å². The van der Waals surface area contributed by atoms with Crippen LogP contribution >= 0.6 is 0 Å². The average molecular weight is 412 g/mol. The molecule has 2 saturated heterocycles. The number of fused-ring (bicyclic) bond motifs is 1. The zero-order valence-corrected chi connectivity index (χ0v) is 17.5. The average Bonchev–Trinajstić information content (AvgIpc) is 3.22. The molecule has 9 nitrogen and oxygen atoms in total. The van der Waals surface area contributed by atoms with Gasteiger partial charge in [-0.25, -0.2) is 9.50 Å². The zero-order chi connectivity index (χ0) is 21.3. The van der Waals surface area contributed by atoms with E-state index in [1.165, 1.54) is 0 Å². The molecule has 3 amide bonds. The monoisotopic (exact) mass is 412 g/mol. The summed E-state index contributed by atoms with van der Waals surface area (Å²) >= 11 is 0. The van der Waals surface area contributed by atoms with Crippen molar-refractivity contribution < 1.29 is 14.4 Å². The molecule has 0 aromatic carbocycles. The molecule has 9 heteroatoms. The van der Waals surface area contributed by atoms with Crippen LogP contribution < -0.4 is 5.32 Å². The lowest BCUT2D eigenvalue weighted by molar-refractivity contribution is -0.140. The van der Waals surface area contributed by atoms with Gasteiger partial charge in [-0.1, -0.05) is 0 Å². The summed E-state index contributed by atoms with van der Waals surface area (Å²) in [4.78, 5) is 44.6. The molecule has 0 saturated carbocycles. The SMILES string of the molecule is CNC(=O)c1cnn2c(C3CCN(C(=O)C4CCN(C(C)=O)CC4)CC3)ccnc12. The number of nitrogens with one attached hydrogen (secondary N) is 1. The topological polar surface area (TPSA) is 99.9 Å². The second-order valence-corrected chi connectivity index (χ2v) is 8.12. The smallest absolute Gasteiger partial charge is 0.256 e. The van der Waals surface area contributed by atoms with Crippen molar-refractivity contribution in [2.24, 2.45) is 5.92 Å². The van der Waals surface area contributed by atoms with Crippen molar-refractivity contribution in [3.05, 3.63) is 29.7 Å². The van der Waals surface area contributed by atoms with Gasteiger partial charge in [0, 0.05) is 63.9 Å². The van der Waals surface area contributed by atoms with Crippen molar-refractivity contribution in [3.63, 3.8) is 0 Å². The molecule has 1 N–H and O–H groups in total. The molecule has 0 radical (unpaired) electrons. The van der Waals surface area contributed by atoms with Crippen LogP contribution in [-0.2, 0) is 9.59 Å². The number of likely N-dealkylation sites (tertiary alicyclic amines) is 2. The first-order valence-electron chi connectivity index (χ1n) is 10.6. The molecule has 2 aliphatic rings. The van der Waals surface area contributed by atoms with Gasteiger partial charge in [-0.2, -0.15) is 5.10 Å². The highest BCUT2D eigenvalue weighted by Crippen LogP contribution is 2.30. The predicted molar refractivity (Wildman–Crippen MR) is 110 cm³/mol. The quantitative estimate of drug-likeness (QED) is 0.812. The molecule has 2 aliphatic heterocycles. The van der Waals surface area contributed by atoms with Crippen LogP contribution in [0.2, 0.25) is 0 Å². The fraction of sp³-hybridized carbons (Fsp3) is 0.571. The van der Waals surface area contributed by atoms with Gasteiger partial charge in [0.05, 0.1) is 6.20 Å². The largest absolute Gasteiger partial charge is 0.355 e. The van der Waals surface area contributed by atoms with E-state index in [2.05, 4.69) is 15.4 Å². The lowest BCUT2D eigenvalue weighted by atomic mass is 9.90. The number of carbonyl (C=O) groups excluding carboxylic acids is 3. The summed E-state index contributed by atoms with van der Waals surface area (Å²) < 4.78 is 1.75. The Balaban J connectivity index is 1.40. The fourth-order valence-corrected chi connectivity index (χ4v) is 4.61. The molecule has 4 heterocycles. The number of rotatable bonds is 3. The number of carbonyl (C=O) groups is 3. The Bertz CT molecular complexity index is 955. The number of nitrogens with zero attached hydrogens (tertiary/aromatic N) is 5. The van der Waals surface area contributed by atoms with Gasteiger partial charge in [-0.3, -0.25) is 14.4 Å². The summed E-state index contributed by atoms with van der Waals surface area (Å²) in [6.07, 6.45) is 6.48. The van der Waals surface area contributed by atoms with E-state index < -0.39 is 0 Å². The molecule has 0 aliphatic carbocycles.